The van der Waals surface area contributed by atoms with Gasteiger partial charge in [-0.1, -0.05) is 18.2 Å². The Morgan fingerprint density at radius 1 is 0.667 bits per heavy atom. The third kappa shape index (κ3) is 1.72. The Labute approximate surface area is 88.5 Å². The highest BCUT2D eigenvalue weighted by atomic mass is 14.6. The van der Waals surface area contributed by atoms with Crippen molar-refractivity contribution in [2.75, 3.05) is 17.2 Å². The molecule has 0 spiro atoms. The summed E-state index contributed by atoms with van der Waals surface area (Å²) in [7, 11) is 0. The van der Waals surface area contributed by atoms with Crippen LogP contribution in [-0.4, -0.2) is 0 Å². The van der Waals surface area contributed by atoms with Gasteiger partial charge in [0, 0.05) is 28.2 Å². The van der Waals surface area contributed by atoms with Crippen molar-refractivity contribution in [3.63, 3.8) is 0 Å². The maximum atomic E-state index is 5.88. The molecule has 0 atom stereocenters. The Morgan fingerprint density at radius 2 is 1.33 bits per heavy atom. The molecule has 3 heteroatoms. The first-order valence-electron chi connectivity index (χ1n) is 4.68. The summed E-state index contributed by atoms with van der Waals surface area (Å²) in [5.41, 5.74) is 21.3. The molecule has 2 rings (SSSR count). The van der Waals surface area contributed by atoms with Crippen molar-refractivity contribution in [3.05, 3.63) is 42.5 Å². The summed E-state index contributed by atoms with van der Waals surface area (Å²) < 4.78 is 0. The average Bonchev–Trinajstić information content (AvgIpc) is 2.23. The Hall–Kier alpha value is -2.16. The number of nitrogens with two attached hydrogens (primary N) is 3. The molecule has 0 saturated heterocycles. The van der Waals surface area contributed by atoms with E-state index in [-0.39, 0.29) is 0 Å². The highest BCUT2D eigenvalue weighted by Gasteiger charge is 2.05. The minimum Gasteiger partial charge on any atom is -0.399 e. The number of hydrogen-bond acceptors (Lipinski definition) is 3. The van der Waals surface area contributed by atoms with Gasteiger partial charge in [-0.05, 0) is 24.3 Å². The number of para-hydroxylation sites is 1. The van der Waals surface area contributed by atoms with E-state index < -0.39 is 0 Å². The summed E-state index contributed by atoms with van der Waals surface area (Å²) in [4.78, 5) is 0. The van der Waals surface area contributed by atoms with Crippen molar-refractivity contribution in [3.8, 4) is 11.1 Å². The highest BCUT2D eigenvalue weighted by molar-refractivity contribution is 5.85. The smallest absolute Gasteiger partial charge is 0.0396 e. The number of anilines is 3. The van der Waals surface area contributed by atoms with E-state index >= 15 is 0 Å². The molecular formula is C12H13N3. The van der Waals surface area contributed by atoms with Gasteiger partial charge in [0.05, 0.1) is 0 Å². The number of rotatable bonds is 1. The Balaban J connectivity index is 2.64. The van der Waals surface area contributed by atoms with Gasteiger partial charge in [-0.3, -0.25) is 0 Å². The monoisotopic (exact) mass is 199 g/mol. The summed E-state index contributed by atoms with van der Waals surface area (Å²) in [6, 6.07) is 13.0. The topological polar surface area (TPSA) is 78.1 Å². The van der Waals surface area contributed by atoms with Gasteiger partial charge >= 0.3 is 0 Å². The lowest BCUT2D eigenvalue weighted by Crippen LogP contribution is -1.95. The lowest BCUT2D eigenvalue weighted by atomic mass is 10.0. The first kappa shape index (κ1) is 9.40. The molecule has 2 aromatic carbocycles. The number of hydrogen-bond donors (Lipinski definition) is 3. The first-order valence-corrected chi connectivity index (χ1v) is 4.68. The van der Waals surface area contributed by atoms with E-state index in [1.807, 2.05) is 30.3 Å². The predicted molar refractivity (Wildman–Crippen MR) is 65.1 cm³/mol. The molecule has 0 aromatic heterocycles. The third-order valence-electron chi connectivity index (χ3n) is 2.33. The van der Waals surface area contributed by atoms with Gasteiger partial charge in [0.1, 0.15) is 0 Å². The van der Waals surface area contributed by atoms with Crippen LogP contribution in [0.3, 0.4) is 0 Å². The minimum atomic E-state index is 0.683. The molecule has 0 aliphatic carbocycles. The predicted octanol–water partition coefficient (Wildman–Crippen LogP) is 2.10. The van der Waals surface area contributed by atoms with Gasteiger partial charge in [0.25, 0.3) is 0 Å². The van der Waals surface area contributed by atoms with Crippen molar-refractivity contribution in [2.45, 2.75) is 0 Å². The van der Waals surface area contributed by atoms with Crippen LogP contribution in [-0.2, 0) is 0 Å². The van der Waals surface area contributed by atoms with Crippen LogP contribution in [0.25, 0.3) is 11.1 Å². The standard InChI is InChI=1S/C12H13N3/c13-8-5-6-12(15)10(7-8)9-3-1-2-4-11(9)14/h1-7H,13-15H2. The van der Waals surface area contributed by atoms with E-state index in [1.165, 1.54) is 0 Å². The molecule has 0 radical (unpaired) electrons. The molecule has 0 saturated carbocycles. The van der Waals surface area contributed by atoms with Crippen LogP contribution in [0.5, 0.6) is 0 Å². The van der Waals surface area contributed by atoms with E-state index in [2.05, 4.69) is 0 Å². The maximum absolute atomic E-state index is 5.88. The SMILES string of the molecule is Nc1ccc(N)c(-c2ccccc2N)c1. The molecule has 15 heavy (non-hydrogen) atoms. The number of nitrogen functional groups attached to an aromatic ring is 3. The van der Waals surface area contributed by atoms with Crippen LogP contribution < -0.4 is 17.2 Å². The second-order valence-electron chi connectivity index (χ2n) is 3.43. The fraction of sp³-hybridized carbons (Fsp3) is 0. The largest absolute Gasteiger partial charge is 0.399 e. The zero-order valence-corrected chi connectivity index (χ0v) is 8.27. The second kappa shape index (κ2) is 3.53. The van der Waals surface area contributed by atoms with Crippen molar-refractivity contribution < 1.29 is 0 Å². The minimum absolute atomic E-state index is 0.683. The molecule has 0 unspecified atom stereocenters. The first-order chi connectivity index (χ1) is 7.18. The van der Waals surface area contributed by atoms with Crippen LogP contribution >= 0.6 is 0 Å². The summed E-state index contributed by atoms with van der Waals surface area (Å²) in [6.07, 6.45) is 0. The average molecular weight is 199 g/mol. The molecule has 0 aliphatic heterocycles. The summed E-state index contributed by atoms with van der Waals surface area (Å²) in [5.74, 6) is 0. The molecule has 0 fully saturated rings. The Morgan fingerprint density at radius 3 is 2.07 bits per heavy atom. The molecule has 0 aliphatic rings. The van der Waals surface area contributed by atoms with Crippen molar-refractivity contribution in [1.29, 1.82) is 0 Å². The third-order valence-corrected chi connectivity index (χ3v) is 2.33. The lowest BCUT2D eigenvalue weighted by molar-refractivity contribution is 1.60. The molecule has 0 bridgehead atoms. The van der Waals surface area contributed by atoms with Gasteiger partial charge in [-0.25, -0.2) is 0 Å². The molecule has 3 nitrogen and oxygen atoms in total. The molecule has 0 heterocycles. The summed E-state index contributed by atoms with van der Waals surface area (Å²) >= 11 is 0. The van der Waals surface area contributed by atoms with Crippen LogP contribution in [0.2, 0.25) is 0 Å². The van der Waals surface area contributed by atoms with E-state index in [9.17, 15) is 0 Å². The van der Waals surface area contributed by atoms with Crippen LogP contribution in [0.15, 0.2) is 42.5 Å². The van der Waals surface area contributed by atoms with Crippen molar-refractivity contribution in [2.24, 2.45) is 0 Å². The van der Waals surface area contributed by atoms with E-state index in [0.29, 0.717) is 17.1 Å². The van der Waals surface area contributed by atoms with Crippen LogP contribution in [0, 0.1) is 0 Å². The quantitative estimate of drug-likeness (QED) is 0.615. The number of benzene rings is 2. The normalized spacial score (nSPS) is 10.1. The molecule has 76 valence electrons. The summed E-state index contributed by atoms with van der Waals surface area (Å²) in [6.45, 7) is 0. The highest BCUT2D eigenvalue weighted by Crippen LogP contribution is 2.31. The fourth-order valence-corrected chi connectivity index (χ4v) is 1.55. The Bertz CT molecular complexity index is 492. The van der Waals surface area contributed by atoms with E-state index in [0.717, 1.165) is 11.1 Å². The van der Waals surface area contributed by atoms with Crippen molar-refractivity contribution in [1.82, 2.24) is 0 Å². The molecular weight excluding hydrogens is 186 g/mol. The molecule has 2 aromatic rings. The summed E-state index contributed by atoms with van der Waals surface area (Å²) in [5, 5.41) is 0. The van der Waals surface area contributed by atoms with Crippen LogP contribution in [0.1, 0.15) is 0 Å². The zero-order valence-electron chi connectivity index (χ0n) is 8.27. The van der Waals surface area contributed by atoms with Gasteiger partial charge in [-0.15, -0.1) is 0 Å². The Kier molecular flexibility index (Phi) is 2.21. The lowest BCUT2D eigenvalue weighted by Gasteiger charge is -2.09. The zero-order chi connectivity index (χ0) is 10.8. The van der Waals surface area contributed by atoms with Gasteiger partial charge in [0.2, 0.25) is 0 Å². The molecule has 0 amide bonds. The van der Waals surface area contributed by atoms with Gasteiger partial charge in [0.15, 0.2) is 0 Å². The second-order valence-corrected chi connectivity index (χ2v) is 3.43. The van der Waals surface area contributed by atoms with E-state index in [4.69, 9.17) is 17.2 Å². The maximum Gasteiger partial charge on any atom is 0.0396 e. The van der Waals surface area contributed by atoms with Gasteiger partial charge in [-0.2, -0.15) is 0 Å². The van der Waals surface area contributed by atoms with Gasteiger partial charge < -0.3 is 17.2 Å². The van der Waals surface area contributed by atoms with Crippen molar-refractivity contribution >= 4 is 17.1 Å². The fourth-order valence-electron chi connectivity index (χ4n) is 1.55. The van der Waals surface area contributed by atoms with Crippen LogP contribution in [0.4, 0.5) is 17.1 Å². The van der Waals surface area contributed by atoms with E-state index in [1.54, 1.807) is 12.1 Å². The molecule has 6 N–H and O–H groups in total.